The lowest BCUT2D eigenvalue weighted by Crippen LogP contribution is -2.27. The Morgan fingerprint density at radius 3 is 2.86 bits per heavy atom. The second-order valence-corrected chi connectivity index (χ2v) is 6.48. The van der Waals surface area contributed by atoms with E-state index in [2.05, 4.69) is 4.98 Å². The van der Waals surface area contributed by atoms with Crippen LogP contribution >= 0.6 is 34.7 Å². The molecule has 0 aromatic carbocycles. The van der Waals surface area contributed by atoms with Crippen LogP contribution in [0.1, 0.15) is 18.7 Å². The van der Waals surface area contributed by atoms with Crippen LogP contribution in [-0.2, 0) is 10.5 Å². The van der Waals surface area contributed by atoms with Crippen molar-refractivity contribution in [3.8, 4) is 0 Å². The van der Waals surface area contributed by atoms with Crippen LogP contribution in [0.5, 0.6) is 0 Å². The van der Waals surface area contributed by atoms with Crippen molar-refractivity contribution in [3.63, 3.8) is 0 Å². The minimum absolute atomic E-state index is 0.494. The Morgan fingerprint density at radius 1 is 1.79 bits per heavy atom. The summed E-state index contributed by atoms with van der Waals surface area (Å²) in [6.45, 7) is 3.37. The van der Waals surface area contributed by atoms with E-state index in [4.69, 9.17) is 16.7 Å². The van der Waals surface area contributed by atoms with E-state index < -0.39 is 10.7 Å². The number of carboxylic acids is 1. The molecule has 0 amide bonds. The molecule has 3 nitrogen and oxygen atoms in total. The summed E-state index contributed by atoms with van der Waals surface area (Å²) >= 11 is 8.40. The molecule has 78 valence electrons. The molecule has 0 spiro atoms. The Kier molecular flexibility index (Phi) is 3.80. The lowest BCUT2D eigenvalue weighted by molar-refractivity contribution is -0.138. The molecular weight excluding hydrogens is 242 g/mol. The molecule has 0 fully saturated rings. The van der Waals surface area contributed by atoms with Crippen LogP contribution in [0, 0.1) is 0 Å². The summed E-state index contributed by atoms with van der Waals surface area (Å²) < 4.78 is -0.273. The molecule has 0 atom stereocenters. The largest absolute Gasteiger partial charge is 0.480 e. The fourth-order valence-corrected chi connectivity index (χ4v) is 2.55. The van der Waals surface area contributed by atoms with Gasteiger partial charge in [0.15, 0.2) is 4.47 Å². The average Bonchev–Trinajstić information content (AvgIpc) is 2.48. The van der Waals surface area contributed by atoms with Crippen molar-refractivity contribution >= 4 is 40.7 Å². The molecule has 0 saturated carbocycles. The van der Waals surface area contributed by atoms with E-state index in [0.717, 1.165) is 4.88 Å². The van der Waals surface area contributed by atoms with E-state index in [1.54, 1.807) is 20.0 Å². The summed E-state index contributed by atoms with van der Waals surface area (Å²) in [4.78, 5) is 15.7. The van der Waals surface area contributed by atoms with Crippen molar-refractivity contribution in [1.82, 2.24) is 4.98 Å². The van der Waals surface area contributed by atoms with E-state index in [1.807, 2.05) is 0 Å². The van der Waals surface area contributed by atoms with Crippen LogP contribution in [0.15, 0.2) is 6.20 Å². The van der Waals surface area contributed by atoms with E-state index in [-0.39, 0.29) is 0 Å². The SMILES string of the molecule is CC(C)(SCc1cnc(Cl)s1)C(=O)O. The maximum atomic E-state index is 10.8. The van der Waals surface area contributed by atoms with Gasteiger partial charge in [-0.1, -0.05) is 11.6 Å². The zero-order chi connectivity index (χ0) is 10.8. The van der Waals surface area contributed by atoms with E-state index in [0.29, 0.717) is 10.2 Å². The van der Waals surface area contributed by atoms with Crippen LogP contribution in [0.2, 0.25) is 4.47 Å². The maximum Gasteiger partial charge on any atom is 0.319 e. The summed E-state index contributed by atoms with van der Waals surface area (Å²) in [5, 5.41) is 8.87. The molecule has 6 heteroatoms. The van der Waals surface area contributed by atoms with Crippen molar-refractivity contribution in [2.45, 2.75) is 24.3 Å². The second kappa shape index (κ2) is 4.51. The van der Waals surface area contributed by atoms with Gasteiger partial charge < -0.3 is 5.11 Å². The number of hydrogen-bond donors (Lipinski definition) is 1. The van der Waals surface area contributed by atoms with Crippen molar-refractivity contribution in [2.75, 3.05) is 0 Å². The molecule has 0 bridgehead atoms. The summed E-state index contributed by atoms with van der Waals surface area (Å²) in [5.74, 6) is -0.179. The molecule has 0 aliphatic rings. The first-order chi connectivity index (χ1) is 6.42. The number of thiazole rings is 1. The Hall–Kier alpha value is -0.260. The van der Waals surface area contributed by atoms with Crippen LogP contribution in [0.3, 0.4) is 0 Å². The molecule has 0 saturated heterocycles. The first kappa shape index (κ1) is 11.8. The molecule has 0 radical (unpaired) electrons. The first-order valence-electron chi connectivity index (χ1n) is 3.89. The van der Waals surface area contributed by atoms with Crippen molar-refractivity contribution in [3.05, 3.63) is 15.5 Å². The summed E-state index contributed by atoms with van der Waals surface area (Å²) in [7, 11) is 0. The minimum Gasteiger partial charge on any atom is -0.480 e. The second-order valence-electron chi connectivity index (χ2n) is 3.18. The van der Waals surface area contributed by atoms with Gasteiger partial charge in [-0.25, -0.2) is 4.98 Å². The highest BCUT2D eigenvalue weighted by molar-refractivity contribution is 8.00. The van der Waals surface area contributed by atoms with Gasteiger partial charge in [0.1, 0.15) is 4.75 Å². The van der Waals surface area contributed by atoms with Crippen molar-refractivity contribution < 1.29 is 9.90 Å². The van der Waals surface area contributed by atoms with Gasteiger partial charge in [-0.05, 0) is 13.8 Å². The standard InChI is InChI=1S/C8H10ClNO2S2/c1-8(2,6(11)12)13-4-5-3-10-7(9)14-5/h3H,4H2,1-2H3,(H,11,12). The van der Waals surface area contributed by atoms with Gasteiger partial charge in [-0.2, -0.15) is 0 Å². The monoisotopic (exact) mass is 251 g/mol. The Balaban J connectivity index is 2.52. The van der Waals surface area contributed by atoms with Gasteiger partial charge in [-0.15, -0.1) is 23.1 Å². The number of thioether (sulfide) groups is 1. The molecule has 14 heavy (non-hydrogen) atoms. The summed E-state index contributed by atoms with van der Waals surface area (Å²) in [5.41, 5.74) is 0. The fraction of sp³-hybridized carbons (Fsp3) is 0.500. The number of hydrogen-bond acceptors (Lipinski definition) is 4. The third-order valence-electron chi connectivity index (χ3n) is 1.62. The van der Waals surface area contributed by atoms with Crippen molar-refractivity contribution in [1.29, 1.82) is 0 Å². The Morgan fingerprint density at radius 2 is 2.43 bits per heavy atom. The highest BCUT2D eigenvalue weighted by Crippen LogP contribution is 2.30. The minimum atomic E-state index is -0.807. The number of carbonyl (C=O) groups is 1. The van der Waals surface area contributed by atoms with Gasteiger partial charge in [0, 0.05) is 16.8 Å². The predicted octanol–water partition coefficient (Wildman–Crippen LogP) is 2.89. The molecule has 0 unspecified atom stereocenters. The quantitative estimate of drug-likeness (QED) is 0.894. The lowest BCUT2D eigenvalue weighted by atomic mass is 10.2. The zero-order valence-electron chi connectivity index (χ0n) is 7.78. The van der Waals surface area contributed by atoms with Crippen LogP contribution in [0.25, 0.3) is 0 Å². The Labute approximate surface area is 95.5 Å². The molecule has 1 heterocycles. The molecule has 1 N–H and O–H groups in total. The average molecular weight is 252 g/mol. The number of rotatable bonds is 4. The molecule has 0 aliphatic carbocycles. The van der Waals surface area contributed by atoms with Crippen molar-refractivity contribution in [2.24, 2.45) is 0 Å². The molecule has 1 aromatic heterocycles. The first-order valence-corrected chi connectivity index (χ1v) is 6.07. The molecule has 0 aliphatic heterocycles. The predicted molar refractivity (Wildman–Crippen MR) is 60.1 cm³/mol. The number of aromatic nitrogens is 1. The number of nitrogens with zero attached hydrogens (tertiary/aromatic N) is 1. The van der Waals surface area contributed by atoms with Gasteiger partial charge in [0.25, 0.3) is 0 Å². The highest BCUT2D eigenvalue weighted by atomic mass is 35.5. The van der Waals surface area contributed by atoms with Gasteiger partial charge in [0.05, 0.1) is 0 Å². The van der Waals surface area contributed by atoms with Gasteiger partial charge in [0.2, 0.25) is 0 Å². The van der Waals surface area contributed by atoms with Crippen LogP contribution in [0.4, 0.5) is 0 Å². The molecule has 1 rings (SSSR count). The molecular formula is C8H10ClNO2S2. The summed E-state index contributed by atoms with van der Waals surface area (Å²) in [6.07, 6.45) is 1.68. The normalized spacial score (nSPS) is 11.6. The van der Waals surface area contributed by atoms with Gasteiger partial charge >= 0.3 is 5.97 Å². The third kappa shape index (κ3) is 3.15. The van der Waals surface area contributed by atoms with Crippen LogP contribution < -0.4 is 0 Å². The third-order valence-corrected chi connectivity index (χ3v) is 4.26. The fourth-order valence-electron chi connectivity index (χ4n) is 0.664. The lowest BCUT2D eigenvalue weighted by Gasteiger charge is -2.17. The number of aliphatic carboxylic acids is 1. The summed E-state index contributed by atoms with van der Waals surface area (Å²) in [6, 6.07) is 0. The topological polar surface area (TPSA) is 50.2 Å². The molecule has 1 aromatic rings. The smallest absolute Gasteiger partial charge is 0.319 e. The van der Waals surface area contributed by atoms with E-state index >= 15 is 0 Å². The number of carboxylic acid groups (broad SMARTS) is 1. The highest BCUT2D eigenvalue weighted by Gasteiger charge is 2.27. The van der Waals surface area contributed by atoms with Gasteiger partial charge in [-0.3, -0.25) is 4.79 Å². The van der Waals surface area contributed by atoms with Crippen LogP contribution in [-0.4, -0.2) is 20.8 Å². The number of halogens is 1. The Bertz CT molecular complexity index is 338. The maximum absolute atomic E-state index is 10.8. The van der Waals surface area contributed by atoms with E-state index in [1.165, 1.54) is 23.1 Å². The zero-order valence-corrected chi connectivity index (χ0v) is 10.2. The van der Waals surface area contributed by atoms with E-state index in [9.17, 15) is 4.79 Å².